The number of phenolic OH excluding ortho intramolecular Hbond substituents is 1. The van der Waals surface area contributed by atoms with Crippen LogP contribution in [-0.4, -0.2) is 22.4 Å². The Bertz CT molecular complexity index is 444. The standard InChI is InChI=1S/C14H31O2PS2.C6H6O.Zn/c1-3-5-7-9-11-13-16-17(15,18)19-14-12-10-8-6-4-2;7-6-4-2-1-3-5-6;/h3-14H2,1-2H3,(H,15,18);1-5,7H;. The molecule has 0 saturated carbocycles. The Balaban J connectivity index is 0. The van der Waals surface area contributed by atoms with Crippen LogP contribution in [0.1, 0.15) is 78.1 Å². The minimum Gasteiger partial charge on any atom is -0.508 e. The van der Waals surface area contributed by atoms with E-state index in [9.17, 15) is 4.89 Å². The Morgan fingerprint density at radius 2 is 1.41 bits per heavy atom. The Hall–Kier alpha value is 0.563. The summed E-state index contributed by atoms with van der Waals surface area (Å²) in [6.45, 7) is 5.05. The van der Waals surface area contributed by atoms with Gasteiger partial charge in [0.2, 0.25) is 5.69 Å². The molecule has 0 aromatic heterocycles. The van der Waals surface area contributed by atoms with Crippen LogP contribution in [0, 0.1) is 0 Å². The summed E-state index contributed by atoms with van der Waals surface area (Å²) in [4.78, 5) is 9.99. The van der Waals surface area contributed by atoms with Gasteiger partial charge in [0.05, 0.1) is 6.61 Å². The van der Waals surface area contributed by atoms with Gasteiger partial charge in [0.25, 0.3) is 0 Å². The maximum Gasteiger partial charge on any atom is 0.244 e. The van der Waals surface area contributed by atoms with Crippen molar-refractivity contribution in [3.05, 3.63) is 30.3 Å². The van der Waals surface area contributed by atoms with Crippen molar-refractivity contribution in [3.63, 3.8) is 0 Å². The molecule has 0 bridgehead atoms. The van der Waals surface area contributed by atoms with Gasteiger partial charge in [0, 0.05) is 25.2 Å². The Kier molecular flexibility index (Phi) is 23.5. The molecule has 1 aromatic carbocycles. The molecule has 0 radical (unpaired) electrons. The van der Waals surface area contributed by atoms with Gasteiger partial charge in [-0.1, -0.05) is 94.8 Å². The van der Waals surface area contributed by atoms with Gasteiger partial charge in [-0.25, -0.2) is 0 Å². The Labute approximate surface area is 188 Å². The number of phenols is 1. The molecule has 0 saturated heterocycles. The summed E-state index contributed by atoms with van der Waals surface area (Å²) in [5, 5.41) is 8.63. The average Bonchev–Trinajstić information content (AvgIpc) is 2.62. The number of hydrogen-bond acceptors (Lipinski definition) is 4. The number of unbranched alkanes of at least 4 members (excludes halogenated alkanes) is 8. The first-order valence-corrected chi connectivity index (χ1v) is 14.1. The third kappa shape index (κ3) is 22.7. The molecular weight excluding hydrogens is 449 g/mol. The first kappa shape index (κ1) is 29.8. The van der Waals surface area contributed by atoms with E-state index in [4.69, 9.17) is 21.4 Å². The summed E-state index contributed by atoms with van der Waals surface area (Å²) in [6, 6.07) is 8.71. The van der Waals surface area contributed by atoms with Crippen molar-refractivity contribution in [1.29, 1.82) is 0 Å². The largest absolute Gasteiger partial charge is 0.508 e. The SMILES string of the molecule is CCCCCCCOP(O)(=S)SCCCCCCC.Oc1ccccc1.[Zn]. The van der Waals surface area contributed by atoms with Crippen molar-refractivity contribution in [2.75, 3.05) is 12.4 Å². The van der Waals surface area contributed by atoms with Gasteiger partial charge < -0.3 is 14.5 Å². The van der Waals surface area contributed by atoms with E-state index in [0.717, 1.165) is 18.6 Å². The van der Waals surface area contributed by atoms with Crippen molar-refractivity contribution in [2.24, 2.45) is 0 Å². The maximum absolute atomic E-state index is 9.99. The average molecular weight is 486 g/mol. The van der Waals surface area contributed by atoms with E-state index < -0.39 is 5.69 Å². The fourth-order valence-corrected chi connectivity index (χ4v) is 5.66. The molecular formula is C20H37O3PS2Zn. The summed E-state index contributed by atoms with van der Waals surface area (Å²) in [7, 11) is 0. The summed E-state index contributed by atoms with van der Waals surface area (Å²) >= 11 is 6.62. The van der Waals surface area contributed by atoms with Gasteiger partial charge in [-0.15, -0.1) is 0 Å². The van der Waals surface area contributed by atoms with Crippen LogP contribution in [0.25, 0.3) is 0 Å². The van der Waals surface area contributed by atoms with E-state index in [1.165, 1.54) is 62.7 Å². The van der Waals surface area contributed by atoms with E-state index in [2.05, 4.69) is 13.8 Å². The molecule has 0 amide bonds. The zero-order valence-electron chi connectivity index (χ0n) is 17.1. The number of aromatic hydroxyl groups is 1. The number of rotatable bonds is 14. The van der Waals surface area contributed by atoms with Crippen molar-refractivity contribution < 1.29 is 34.0 Å². The monoisotopic (exact) mass is 484 g/mol. The van der Waals surface area contributed by atoms with Gasteiger partial charge in [0.15, 0.2) is 0 Å². The van der Waals surface area contributed by atoms with E-state index in [-0.39, 0.29) is 19.5 Å². The van der Waals surface area contributed by atoms with E-state index in [0.29, 0.717) is 12.4 Å². The van der Waals surface area contributed by atoms with Crippen molar-refractivity contribution in [3.8, 4) is 5.75 Å². The third-order valence-electron chi connectivity index (χ3n) is 3.76. The van der Waals surface area contributed by atoms with Crippen molar-refractivity contribution in [1.82, 2.24) is 0 Å². The molecule has 0 fully saturated rings. The number of hydrogen-bond donors (Lipinski definition) is 2. The predicted octanol–water partition coefficient (Wildman–Crippen LogP) is 7.28. The molecule has 0 heterocycles. The minimum absolute atomic E-state index is 0. The fraction of sp³-hybridized carbons (Fsp3) is 0.700. The fourth-order valence-electron chi connectivity index (χ4n) is 2.24. The number of benzene rings is 1. The number of para-hydroxylation sites is 1. The van der Waals surface area contributed by atoms with Gasteiger partial charge in [-0.2, -0.15) is 0 Å². The van der Waals surface area contributed by atoms with E-state index in [1.54, 1.807) is 24.3 Å². The molecule has 0 aliphatic carbocycles. The molecule has 154 valence electrons. The zero-order chi connectivity index (χ0) is 19.5. The molecule has 7 heteroatoms. The van der Waals surface area contributed by atoms with Crippen LogP contribution in [0.15, 0.2) is 30.3 Å². The second-order valence-electron chi connectivity index (χ2n) is 6.30. The molecule has 1 unspecified atom stereocenters. The molecule has 2 N–H and O–H groups in total. The first-order valence-electron chi connectivity index (χ1n) is 9.87. The van der Waals surface area contributed by atoms with Crippen LogP contribution >= 0.6 is 17.1 Å². The molecule has 1 aromatic rings. The quantitative estimate of drug-likeness (QED) is 0.165. The normalized spacial score (nSPS) is 12.4. The topological polar surface area (TPSA) is 49.7 Å². The van der Waals surface area contributed by atoms with Crippen LogP contribution < -0.4 is 0 Å². The first-order chi connectivity index (χ1) is 12.5. The van der Waals surface area contributed by atoms with Crippen molar-refractivity contribution >= 4 is 28.9 Å². The predicted molar refractivity (Wildman–Crippen MR) is 121 cm³/mol. The Morgan fingerprint density at radius 3 is 1.89 bits per heavy atom. The molecule has 0 aliphatic heterocycles. The molecule has 3 nitrogen and oxygen atoms in total. The maximum atomic E-state index is 9.99. The molecule has 0 aliphatic rings. The van der Waals surface area contributed by atoms with Gasteiger partial charge in [-0.3, -0.25) is 0 Å². The molecule has 0 spiro atoms. The summed E-state index contributed by atoms with van der Waals surface area (Å²) in [6.07, 6.45) is 12.3. The smallest absolute Gasteiger partial charge is 0.244 e. The molecule has 1 atom stereocenters. The second-order valence-corrected chi connectivity index (χ2v) is 12.6. The molecule has 27 heavy (non-hydrogen) atoms. The third-order valence-corrected chi connectivity index (χ3v) is 8.17. The Morgan fingerprint density at radius 1 is 0.889 bits per heavy atom. The van der Waals surface area contributed by atoms with Crippen molar-refractivity contribution in [2.45, 2.75) is 78.1 Å². The van der Waals surface area contributed by atoms with Gasteiger partial charge >= 0.3 is 0 Å². The summed E-state index contributed by atoms with van der Waals surface area (Å²) < 4.78 is 5.48. The van der Waals surface area contributed by atoms with Gasteiger partial charge in [-0.05, 0) is 36.8 Å². The second kappa shape index (κ2) is 21.3. The zero-order valence-corrected chi connectivity index (χ0v) is 22.6. The van der Waals surface area contributed by atoms with Crippen LogP contribution in [0.5, 0.6) is 5.75 Å². The van der Waals surface area contributed by atoms with Gasteiger partial charge in [0.1, 0.15) is 5.75 Å². The van der Waals surface area contributed by atoms with Crippen LogP contribution in [0.2, 0.25) is 0 Å². The minimum atomic E-state index is -2.55. The molecule has 1 rings (SSSR count). The van der Waals surface area contributed by atoms with Crippen LogP contribution in [-0.2, 0) is 35.8 Å². The van der Waals surface area contributed by atoms with Crippen LogP contribution in [0.3, 0.4) is 0 Å². The summed E-state index contributed by atoms with van der Waals surface area (Å²) in [5.41, 5.74) is -2.55. The van der Waals surface area contributed by atoms with E-state index in [1.807, 2.05) is 6.07 Å². The van der Waals surface area contributed by atoms with E-state index >= 15 is 0 Å². The summed E-state index contributed by atoms with van der Waals surface area (Å²) in [5.74, 6) is 1.26. The van der Waals surface area contributed by atoms with Crippen LogP contribution in [0.4, 0.5) is 0 Å².